The highest BCUT2D eigenvalue weighted by molar-refractivity contribution is 6.31. The summed E-state index contributed by atoms with van der Waals surface area (Å²) in [5.41, 5.74) is 3.25. The first kappa shape index (κ1) is 20.2. The van der Waals surface area contributed by atoms with Gasteiger partial charge in [-0.05, 0) is 65.6 Å². The number of methoxy groups -OCH3 is 2. The van der Waals surface area contributed by atoms with Gasteiger partial charge in [0.2, 0.25) is 0 Å². The van der Waals surface area contributed by atoms with Crippen LogP contribution in [0.3, 0.4) is 0 Å². The first-order chi connectivity index (χ1) is 14.5. The number of benzene rings is 3. The number of amides is 1. The third-order valence-electron chi connectivity index (χ3n) is 5.43. The van der Waals surface area contributed by atoms with E-state index in [1.54, 1.807) is 19.1 Å². The van der Waals surface area contributed by atoms with Crippen LogP contribution in [0, 0.1) is 5.82 Å². The molecule has 6 heteroatoms. The summed E-state index contributed by atoms with van der Waals surface area (Å²) in [5, 5.41) is 0.571. The maximum Gasteiger partial charge on any atom is 0.254 e. The molecular formula is C24H21ClFNO3. The molecule has 0 N–H and O–H groups in total. The highest BCUT2D eigenvalue weighted by Gasteiger charge is 2.34. The molecule has 0 unspecified atom stereocenters. The van der Waals surface area contributed by atoms with Gasteiger partial charge >= 0.3 is 0 Å². The summed E-state index contributed by atoms with van der Waals surface area (Å²) in [6, 6.07) is 16.6. The molecule has 30 heavy (non-hydrogen) atoms. The summed E-state index contributed by atoms with van der Waals surface area (Å²) in [6.07, 6.45) is 0.656. The van der Waals surface area contributed by atoms with Crippen molar-refractivity contribution in [3.8, 4) is 11.5 Å². The number of ether oxygens (including phenoxy) is 2. The minimum absolute atomic E-state index is 0.180. The number of rotatable bonds is 4. The molecule has 3 aromatic rings. The number of halogens is 2. The Balaban J connectivity index is 1.86. The predicted molar refractivity (Wildman–Crippen MR) is 114 cm³/mol. The average molecular weight is 426 g/mol. The van der Waals surface area contributed by atoms with Crippen LogP contribution in [0.5, 0.6) is 11.5 Å². The van der Waals surface area contributed by atoms with Crippen molar-refractivity contribution in [3.63, 3.8) is 0 Å². The lowest BCUT2D eigenvalue weighted by Crippen LogP contribution is -2.40. The van der Waals surface area contributed by atoms with E-state index < -0.39 is 6.04 Å². The Bertz CT molecular complexity index is 1080. The monoisotopic (exact) mass is 425 g/mol. The zero-order chi connectivity index (χ0) is 21.3. The van der Waals surface area contributed by atoms with E-state index in [2.05, 4.69) is 0 Å². The van der Waals surface area contributed by atoms with Gasteiger partial charge in [0.1, 0.15) is 5.82 Å². The van der Waals surface area contributed by atoms with E-state index in [1.807, 2.05) is 36.4 Å². The third-order valence-corrected chi connectivity index (χ3v) is 5.77. The number of fused-ring (bicyclic) bond motifs is 1. The van der Waals surface area contributed by atoms with Gasteiger partial charge in [-0.1, -0.05) is 29.8 Å². The van der Waals surface area contributed by atoms with Crippen LogP contribution in [0.4, 0.5) is 4.39 Å². The minimum atomic E-state index is -0.403. The molecule has 4 rings (SSSR count). The highest BCUT2D eigenvalue weighted by atomic mass is 35.5. The maximum atomic E-state index is 13.4. The van der Waals surface area contributed by atoms with Gasteiger partial charge in [0.05, 0.1) is 20.3 Å². The molecule has 154 valence electrons. The van der Waals surface area contributed by atoms with Crippen molar-refractivity contribution >= 4 is 17.5 Å². The van der Waals surface area contributed by atoms with Crippen LogP contribution >= 0.6 is 11.6 Å². The second-order valence-corrected chi connectivity index (χ2v) is 7.49. The normalized spacial score (nSPS) is 15.5. The van der Waals surface area contributed by atoms with E-state index in [1.165, 1.54) is 24.3 Å². The average Bonchev–Trinajstić information content (AvgIpc) is 2.78. The van der Waals surface area contributed by atoms with Crippen molar-refractivity contribution in [2.75, 3.05) is 20.8 Å². The van der Waals surface area contributed by atoms with Crippen LogP contribution in [0.15, 0.2) is 60.7 Å². The second kappa shape index (κ2) is 8.36. The number of carbonyl (C=O) groups excluding carboxylic acids is 1. The van der Waals surface area contributed by atoms with Crippen LogP contribution in [0.2, 0.25) is 5.02 Å². The molecule has 1 aliphatic heterocycles. The van der Waals surface area contributed by atoms with Crippen molar-refractivity contribution in [2.45, 2.75) is 12.5 Å². The van der Waals surface area contributed by atoms with Crippen LogP contribution in [-0.4, -0.2) is 31.6 Å². The van der Waals surface area contributed by atoms with Crippen molar-refractivity contribution < 1.29 is 18.7 Å². The third kappa shape index (κ3) is 3.61. The number of hydrogen-bond acceptors (Lipinski definition) is 3. The van der Waals surface area contributed by atoms with Gasteiger partial charge in [0.15, 0.2) is 11.5 Å². The molecule has 3 aromatic carbocycles. The van der Waals surface area contributed by atoms with Gasteiger partial charge in [0.25, 0.3) is 5.91 Å². The summed E-state index contributed by atoms with van der Waals surface area (Å²) < 4.78 is 24.3. The largest absolute Gasteiger partial charge is 0.493 e. The SMILES string of the molecule is COc1cc2c(cc1OC)[C@@H](c1ccccc1Cl)N(C(=O)c1ccc(F)cc1)CC2. The van der Waals surface area contributed by atoms with E-state index in [9.17, 15) is 9.18 Å². The van der Waals surface area contributed by atoms with Gasteiger partial charge in [-0.15, -0.1) is 0 Å². The fraction of sp³-hybridized carbons (Fsp3) is 0.208. The predicted octanol–water partition coefficient (Wildman–Crippen LogP) is 5.28. The Morgan fingerprint density at radius 1 is 1.00 bits per heavy atom. The number of carbonyl (C=O) groups is 1. The molecule has 0 bridgehead atoms. The second-order valence-electron chi connectivity index (χ2n) is 7.09. The Kier molecular flexibility index (Phi) is 5.64. The molecule has 1 atom stereocenters. The van der Waals surface area contributed by atoms with Crippen LogP contribution in [-0.2, 0) is 6.42 Å². The summed E-state index contributed by atoms with van der Waals surface area (Å²) in [7, 11) is 3.18. The van der Waals surface area contributed by atoms with Crippen LogP contribution in [0.25, 0.3) is 0 Å². The fourth-order valence-corrected chi connectivity index (χ4v) is 4.19. The van der Waals surface area contributed by atoms with E-state index in [4.69, 9.17) is 21.1 Å². The Morgan fingerprint density at radius 2 is 1.67 bits per heavy atom. The number of hydrogen-bond donors (Lipinski definition) is 0. The molecule has 1 aliphatic rings. The molecule has 1 heterocycles. The molecule has 0 radical (unpaired) electrons. The first-order valence-corrected chi connectivity index (χ1v) is 9.97. The van der Waals surface area contributed by atoms with Crippen molar-refractivity contribution in [2.24, 2.45) is 0 Å². The highest BCUT2D eigenvalue weighted by Crippen LogP contribution is 2.43. The Labute approximate surface area is 179 Å². The van der Waals surface area contributed by atoms with Gasteiger partial charge in [0, 0.05) is 17.1 Å². The Morgan fingerprint density at radius 3 is 2.33 bits per heavy atom. The molecule has 0 saturated carbocycles. The fourth-order valence-electron chi connectivity index (χ4n) is 3.96. The summed E-state index contributed by atoms with van der Waals surface area (Å²) in [4.78, 5) is 15.2. The van der Waals surface area contributed by atoms with Gasteiger partial charge in [-0.2, -0.15) is 0 Å². The van der Waals surface area contributed by atoms with Gasteiger partial charge < -0.3 is 14.4 Å². The topological polar surface area (TPSA) is 38.8 Å². The summed E-state index contributed by atoms with van der Waals surface area (Å²) >= 11 is 6.55. The molecule has 0 aromatic heterocycles. The van der Waals surface area contributed by atoms with E-state index in [0.717, 1.165) is 16.7 Å². The van der Waals surface area contributed by atoms with Crippen LogP contribution in [0.1, 0.15) is 33.1 Å². The summed E-state index contributed by atoms with van der Waals surface area (Å²) in [5.74, 6) is 0.673. The van der Waals surface area contributed by atoms with E-state index in [0.29, 0.717) is 35.1 Å². The zero-order valence-electron chi connectivity index (χ0n) is 16.7. The van der Waals surface area contributed by atoms with Crippen molar-refractivity contribution in [1.82, 2.24) is 4.90 Å². The zero-order valence-corrected chi connectivity index (χ0v) is 17.4. The standard InChI is InChI=1S/C24H21ClFNO3/c1-29-21-13-16-11-12-27(24(28)15-7-9-17(26)10-8-15)23(19(16)14-22(21)30-2)18-5-3-4-6-20(18)25/h3-10,13-14,23H,11-12H2,1-2H3/t23-/m1/s1. The Hall–Kier alpha value is -3.05. The van der Waals surface area contributed by atoms with Crippen molar-refractivity contribution in [1.29, 1.82) is 0 Å². The first-order valence-electron chi connectivity index (χ1n) is 9.59. The molecular weight excluding hydrogens is 405 g/mol. The smallest absolute Gasteiger partial charge is 0.254 e. The van der Waals surface area contributed by atoms with E-state index >= 15 is 0 Å². The lowest BCUT2D eigenvalue weighted by Gasteiger charge is -2.38. The lowest BCUT2D eigenvalue weighted by molar-refractivity contribution is 0.0694. The molecule has 4 nitrogen and oxygen atoms in total. The van der Waals surface area contributed by atoms with Crippen molar-refractivity contribution in [3.05, 3.63) is 93.8 Å². The van der Waals surface area contributed by atoms with Gasteiger partial charge in [-0.3, -0.25) is 4.79 Å². The molecule has 0 saturated heterocycles. The number of nitrogens with zero attached hydrogens (tertiary/aromatic N) is 1. The lowest BCUT2D eigenvalue weighted by atomic mass is 9.87. The molecule has 0 aliphatic carbocycles. The quantitative estimate of drug-likeness (QED) is 0.570. The minimum Gasteiger partial charge on any atom is -0.493 e. The molecule has 1 amide bonds. The van der Waals surface area contributed by atoms with E-state index in [-0.39, 0.29) is 11.7 Å². The molecule has 0 fully saturated rings. The summed E-state index contributed by atoms with van der Waals surface area (Å²) in [6.45, 7) is 0.495. The molecule has 0 spiro atoms. The maximum absolute atomic E-state index is 13.4. The van der Waals surface area contributed by atoms with Gasteiger partial charge in [-0.25, -0.2) is 4.39 Å². The van der Waals surface area contributed by atoms with Crippen LogP contribution < -0.4 is 9.47 Å².